The summed E-state index contributed by atoms with van der Waals surface area (Å²) in [5, 5.41) is 9.71. The Kier molecular flexibility index (Phi) is 8.44. The van der Waals surface area contributed by atoms with Crippen LogP contribution in [0.25, 0.3) is 0 Å². The van der Waals surface area contributed by atoms with Gasteiger partial charge in [0.1, 0.15) is 11.7 Å². The Balaban J connectivity index is 2.37. The Bertz CT molecular complexity index is 497. The molecule has 0 aromatic rings. The van der Waals surface area contributed by atoms with Crippen molar-refractivity contribution in [2.75, 3.05) is 7.11 Å². The molecule has 1 N–H and O–H groups in total. The average Bonchev–Trinajstić information content (AvgIpc) is 2.57. The molecule has 6 heteroatoms. The van der Waals surface area contributed by atoms with E-state index in [4.69, 9.17) is 14.5 Å². The summed E-state index contributed by atoms with van der Waals surface area (Å²) in [5.41, 5.74) is -0.677. The highest BCUT2D eigenvalue weighted by atomic mass is 17.2. The minimum Gasteiger partial charge on any atom is -0.469 e. The van der Waals surface area contributed by atoms with Crippen molar-refractivity contribution < 1.29 is 29.2 Å². The molecule has 0 spiro atoms. The molecule has 26 heavy (non-hydrogen) atoms. The number of carbonyl (C=O) groups is 2. The number of aliphatic hydroxyl groups is 1. The second-order valence-corrected chi connectivity index (χ2v) is 8.21. The number of rotatable bonds is 10. The molecule has 1 heterocycles. The van der Waals surface area contributed by atoms with Crippen molar-refractivity contribution in [3.05, 3.63) is 12.2 Å². The van der Waals surface area contributed by atoms with E-state index in [9.17, 15) is 14.7 Å². The van der Waals surface area contributed by atoms with Gasteiger partial charge >= 0.3 is 5.97 Å². The Hall–Kier alpha value is -1.24. The largest absolute Gasteiger partial charge is 0.469 e. The molecule has 1 aliphatic heterocycles. The summed E-state index contributed by atoms with van der Waals surface area (Å²) in [6.07, 6.45) is 3.89. The van der Waals surface area contributed by atoms with Crippen molar-refractivity contribution in [1.29, 1.82) is 0 Å². The lowest BCUT2D eigenvalue weighted by Crippen LogP contribution is -2.42. The molecule has 0 saturated carbocycles. The van der Waals surface area contributed by atoms with E-state index in [0.29, 0.717) is 44.1 Å². The zero-order chi connectivity index (χ0) is 20.0. The monoisotopic (exact) mass is 370 g/mol. The minimum atomic E-state index is -0.720. The van der Waals surface area contributed by atoms with E-state index in [-0.39, 0.29) is 23.8 Å². The third kappa shape index (κ3) is 7.56. The Morgan fingerprint density at radius 2 is 2.04 bits per heavy atom. The molecule has 1 aliphatic rings. The van der Waals surface area contributed by atoms with Gasteiger partial charge in [-0.2, -0.15) is 0 Å². The molecule has 3 atom stereocenters. The molecule has 1 fully saturated rings. The topological polar surface area (TPSA) is 82.1 Å². The molecule has 0 amide bonds. The van der Waals surface area contributed by atoms with E-state index in [1.807, 2.05) is 6.92 Å². The number of hydrogen-bond acceptors (Lipinski definition) is 6. The van der Waals surface area contributed by atoms with Crippen LogP contribution in [0.4, 0.5) is 0 Å². The lowest BCUT2D eigenvalue weighted by Gasteiger charge is -2.37. The predicted molar refractivity (Wildman–Crippen MR) is 98.3 cm³/mol. The number of allylic oxidation sites excluding steroid dienone is 1. The summed E-state index contributed by atoms with van der Waals surface area (Å²) < 4.78 is 4.73. The van der Waals surface area contributed by atoms with Crippen LogP contribution >= 0.6 is 0 Å². The van der Waals surface area contributed by atoms with Crippen LogP contribution in [-0.2, 0) is 24.1 Å². The first-order chi connectivity index (χ1) is 12.0. The van der Waals surface area contributed by atoms with Crippen LogP contribution in [0.3, 0.4) is 0 Å². The number of esters is 1. The first kappa shape index (κ1) is 22.8. The molecule has 0 aliphatic carbocycles. The molecule has 1 rings (SSSR count). The summed E-state index contributed by atoms with van der Waals surface area (Å²) in [5.74, 6) is -0.683. The molecule has 0 radical (unpaired) electrons. The normalized spacial score (nSPS) is 24.8. The summed E-state index contributed by atoms with van der Waals surface area (Å²) in [7, 11) is 1.35. The van der Waals surface area contributed by atoms with Gasteiger partial charge in [-0.1, -0.05) is 6.58 Å². The van der Waals surface area contributed by atoms with Gasteiger partial charge in [-0.25, -0.2) is 9.78 Å². The highest BCUT2D eigenvalue weighted by molar-refractivity contribution is 5.94. The van der Waals surface area contributed by atoms with Gasteiger partial charge in [-0.05, 0) is 71.8 Å². The number of carbonyl (C=O) groups excluding carboxylic acids is 2. The van der Waals surface area contributed by atoms with Crippen LogP contribution in [0, 0.1) is 5.92 Å². The van der Waals surface area contributed by atoms with Gasteiger partial charge in [0.25, 0.3) is 0 Å². The first-order valence-corrected chi connectivity index (χ1v) is 9.33. The molecule has 0 bridgehead atoms. The lowest BCUT2D eigenvalue weighted by atomic mass is 9.87. The molecule has 6 nitrogen and oxygen atoms in total. The number of ketones is 1. The van der Waals surface area contributed by atoms with Gasteiger partial charge < -0.3 is 9.84 Å². The molecular formula is C20H34O6. The van der Waals surface area contributed by atoms with Crippen LogP contribution in [0.15, 0.2) is 12.2 Å². The highest BCUT2D eigenvalue weighted by Gasteiger charge is 2.38. The molecule has 0 unspecified atom stereocenters. The van der Waals surface area contributed by atoms with Gasteiger partial charge in [-0.3, -0.25) is 9.59 Å². The van der Waals surface area contributed by atoms with Crippen molar-refractivity contribution in [2.24, 2.45) is 5.92 Å². The summed E-state index contributed by atoms with van der Waals surface area (Å²) in [4.78, 5) is 34.8. The third-order valence-corrected chi connectivity index (χ3v) is 5.00. The van der Waals surface area contributed by atoms with E-state index in [0.717, 1.165) is 6.42 Å². The quantitative estimate of drug-likeness (QED) is 0.360. The fraction of sp³-hybridized carbons (Fsp3) is 0.800. The molecule has 1 saturated heterocycles. The number of ether oxygens (including phenoxy) is 1. The fourth-order valence-electron chi connectivity index (χ4n) is 2.98. The highest BCUT2D eigenvalue weighted by Crippen LogP contribution is 2.33. The van der Waals surface area contributed by atoms with E-state index in [1.54, 1.807) is 20.8 Å². The SMILES string of the molecule is C=C(CCCC(C)(C)O)C(=O)CC[C@]1(C)CC[C@H]([C@@H](C)C(=O)OC)OO1. The Labute approximate surface area is 156 Å². The molecule has 0 aromatic carbocycles. The summed E-state index contributed by atoms with van der Waals surface area (Å²) in [6.45, 7) is 11.1. The van der Waals surface area contributed by atoms with Crippen LogP contribution in [0.2, 0.25) is 0 Å². The first-order valence-electron chi connectivity index (χ1n) is 9.33. The van der Waals surface area contributed by atoms with E-state index < -0.39 is 11.2 Å². The van der Waals surface area contributed by atoms with Gasteiger partial charge in [-0.15, -0.1) is 0 Å². The van der Waals surface area contributed by atoms with Crippen molar-refractivity contribution in [3.8, 4) is 0 Å². The number of hydrogen-bond donors (Lipinski definition) is 1. The second kappa shape index (κ2) is 9.62. The predicted octanol–water partition coefficient (Wildman–Crippen LogP) is 3.51. The number of Topliss-reactive ketones (excluding diaryl/α,β-unsaturated/α-hetero) is 1. The van der Waals surface area contributed by atoms with E-state index in [2.05, 4.69) is 6.58 Å². The van der Waals surface area contributed by atoms with E-state index >= 15 is 0 Å². The maximum absolute atomic E-state index is 12.3. The molecule has 150 valence electrons. The van der Waals surface area contributed by atoms with Gasteiger partial charge in [0.15, 0.2) is 5.78 Å². The van der Waals surface area contributed by atoms with Crippen molar-refractivity contribution in [1.82, 2.24) is 0 Å². The Morgan fingerprint density at radius 1 is 1.38 bits per heavy atom. The zero-order valence-electron chi connectivity index (χ0n) is 16.8. The Morgan fingerprint density at radius 3 is 2.54 bits per heavy atom. The minimum absolute atomic E-state index is 0.0237. The standard InChI is InChI=1S/C20H34O6/c1-14(8-7-11-19(3,4)23)16(21)9-12-20(5)13-10-17(25-26-20)15(2)18(22)24-6/h15,17,23H,1,7-13H2,2-6H3/t15-,17-,20-/m1/s1. The summed E-state index contributed by atoms with van der Waals surface area (Å²) >= 11 is 0. The van der Waals surface area contributed by atoms with Crippen molar-refractivity contribution in [3.63, 3.8) is 0 Å². The van der Waals surface area contributed by atoms with Gasteiger partial charge in [0.05, 0.1) is 18.6 Å². The third-order valence-electron chi connectivity index (χ3n) is 5.00. The van der Waals surface area contributed by atoms with Crippen molar-refractivity contribution in [2.45, 2.75) is 89.9 Å². The number of methoxy groups -OCH3 is 1. The lowest BCUT2D eigenvalue weighted by molar-refractivity contribution is -0.411. The maximum Gasteiger partial charge on any atom is 0.311 e. The summed E-state index contributed by atoms with van der Waals surface area (Å²) in [6, 6.07) is 0. The molecular weight excluding hydrogens is 336 g/mol. The van der Waals surface area contributed by atoms with Crippen LogP contribution < -0.4 is 0 Å². The molecule has 0 aromatic heterocycles. The van der Waals surface area contributed by atoms with Crippen LogP contribution in [0.5, 0.6) is 0 Å². The van der Waals surface area contributed by atoms with Gasteiger partial charge in [0.2, 0.25) is 0 Å². The second-order valence-electron chi connectivity index (χ2n) is 8.21. The van der Waals surface area contributed by atoms with Crippen LogP contribution in [0.1, 0.15) is 72.6 Å². The van der Waals surface area contributed by atoms with E-state index in [1.165, 1.54) is 7.11 Å². The van der Waals surface area contributed by atoms with Crippen molar-refractivity contribution >= 4 is 11.8 Å². The average molecular weight is 370 g/mol. The smallest absolute Gasteiger partial charge is 0.311 e. The van der Waals surface area contributed by atoms with Crippen LogP contribution in [-0.4, -0.2) is 41.3 Å². The van der Waals surface area contributed by atoms with Gasteiger partial charge in [0, 0.05) is 6.42 Å². The maximum atomic E-state index is 12.3. The zero-order valence-corrected chi connectivity index (χ0v) is 16.8. The fourth-order valence-corrected chi connectivity index (χ4v) is 2.98.